The van der Waals surface area contributed by atoms with Gasteiger partial charge in [0.2, 0.25) is 0 Å². The van der Waals surface area contributed by atoms with Crippen molar-refractivity contribution < 1.29 is 0 Å². The number of rotatable bonds is 1. The summed E-state index contributed by atoms with van der Waals surface area (Å²) in [6.07, 6.45) is 10.2. The molecule has 0 spiro atoms. The van der Waals surface area contributed by atoms with Crippen LogP contribution in [0.15, 0.2) is 48.1 Å². The van der Waals surface area contributed by atoms with Crippen LogP contribution < -0.4 is 0 Å². The zero-order valence-corrected chi connectivity index (χ0v) is 5.59. The Morgan fingerprint density at radius 1 is 1.56 bits per heavy atom. The Labute approximate surface area is 55.9 Å². The second-order valence-corrected chi connectivity index (χ2v) is 2.01. The quantitative estimate of drug-likeness (QED) is 0.496. The van der Waals surface area contributed by atoms with Crippen LogP contribution in [0.2, 0.25) is 0 Å². The third kappa shape index (κ3) is 1.20. The van der Waals surface area contributed by atoms with Crippen LogP contribution in [0, 0.1) is 0 Å². The van der Waals surface area contributed by atoms with Crippen LogP contribution in [0.5, 0.6) is 0 Å². The molecule has 9 heavy (non-hydrogen) atoms. The van der Waals surface area contributed by atoms with Crippen LogP contribution in [0.4, 0.5) is 0 Å². The summed E-state index contributed by atoms with van der Waals surface area (Å²) in [5.74, 6) is 0. The highest BCUT2D eigenvalue weighted by molar-refractivity contribution is 5.51. The van der Waals surface area contributed by atoms with Gasteiger partial charge in [0.05, 0.1) is 0 Å². The normalized spacial score (nSPS) is 17.4. The summed E-state index contributed by atoms with van der Waals surface area (Å²) in [5, 5.41) is 0. The topological polar surface area (TPSA) is 0 Å². The van der Waals surface area contributed by atoms with Gasteiger partial charge in [-0.05, 0) is 18.1 Å². The second-order valence-electron chi connectivity index (χ2n) is 2.01. The Bertz CT molecular complexity index is 202. The molecule has 0 bridgehead atoms. The fraction of sp³-hybridized carbons (Fsp3) is 0.111. The lowest BCUT2D eigenvalue weighted by atomic mass is 10.1. The predicted octanol–water partition coefficient (Wildman–Crippen LogP) is 2.61. The van der Waals surface area contributed by atoms with Crippen molar-refractivity contribution in [3.8, 4) is 0 Å². The molecule has 0 saturated carbocycles. The molecule has 0 aromatic carbocycles. The van der Waals surface area contributed by atoms with Crippen LogP contribution in [0.3, 0.4) is 0 Å². The van der Waals surface area contributed by atoms with Crippen molar-refractivity contribution in [2.75, 3.05) is 0 Å². The first-order chi connectivity index (χ1) is 4.34. The van der Waals surface area contributed by atoms with E-state index in [0.29, 0.717) is 0 Å². The summed E-state index contributed by atoms with van der Waals surface area (Å²) in [4.78, 5) is 0. The van der Waals surface area contributed by atoms with Gasteiger partial charge in [-0.25, -0.2) is 0 Å². The summed E-state index contributed by atoms with van der Waals surface area (Å²) in [5.41, 5.74) is 2.32. The Hall–Kier alpha value is -1.04. The largest absolute Gasteiger partial charge is 0.0912 e. The lowest BCUT2D eigenvalue weighted by Crippen LogP contribution is -1.72. The van der Waals surface area contributed by atoms with Gasteiger partial charge in [-0.1, -0.05) is 37.0 Å². The van der Waals surface area contributed by atoms with Crippen LogP contribution in [-0.4, -0.2) is 0 Å². The van der Waals surface area contributed by atoms with Gasteiger partial charge in [0, 0.05) is 0 Å². The highest BCUT2D eigenvalue weighted by Gasteiger charge is 1.96. The van der Waals surface area contributed by atoms with Crippen LogP contribution in [0.25, 0.3) is 0 Å². The van der Waals surface area contributed by atoms with Gasteiger partial charge in [0.25, 0.3) is 0 Å². The average Bonchev–Trinajstić information content (AvgIpc) is 2.18. The molecular weight excluding hydrogens is 108 g/mol. The first kappa shape index (κ1) is 6.09. The zero-order valence-electron chi connectivity index (χ0n) is 5.59. The van der Waals surface area contributed by atoms with E-state index in [1.54, 1.807) is 0 Å². The van der Waals surface area contributed by atoms with Gasteiger partial charge in [0.1, 0.15) is 0 Å². The minimum atomic E-state index is 1.10. The van der Waals surface area contributed by atoms with Crippen LogP contribution >= 0.6 is 0 Å². The van der Waals surface area contributed by atoms with Crippen molar-refractivity contribution >= 4 is 0 Å². The van der Waals surface area contributed by atoms with Gasteiger partial charge in [0.15, 0.2) is 0 Å². The third-order valence-electron chi connectivity index (χ3n) is 1.29. The van der Waals surface area contributed by atoms with E-state index in [-0.39, 0.29) is 0 Å². The monoisotopic (exact) mass is 118 g/mol. The van der Waals surface area contributed by atoms with Crippen LogP contribution in [-0.2, 0) is 0 Å². The minimum absolute atomic E-state index is 1.10. The molecule has 1 rings (SSSR count). The predicted molar refractivity (Wildman–Crippen MR) is 41.2 cm³/mol. The zero-order chi connectivity index (χ0) is 6.69. The molecule has 0 atom stereocenters. The lowest BCUT2D eigenvalue weighted by molar-refractivity contribution is 1.60. The van der Waals surface area contributed by atoms with Gasteiger partial charge in [-0.15, -0.1) is 0 Å². The van der Waals surface area contributed by atoms with Crippen molar-refractivity contribution in [3.05, 3.63) is 48.1 Å². The molecule has 0 saturated heterocycles. The molecule has 0 heteroatoms. The van der Waals surface area contributed by atoms with Crippen LogP contribution in [0.1, 0.15) is 6.92 Å². The standard InChI is InChI=1S/C9H10/c1-3-5-9-7-4-6-8(9)2/h3-7H,2H2,1H3. The van der Waals surface area contributed by atoms with Gasteiger partial charge < -0.3 is 0 Å². The highest BCUT2D eigenvalue weighted by Crippen LogP contribution is 2.16. The molecule has 0 unspecified atom stereocenters. The molecule has 1 aliphatic rings. The molecule has 0 N–H and O–H groups in total. The highest BCUT2D eigenvalue weighted by atomic mass is 14.0. The maximum Gasteiger partial charge on any atom is -0.0193 e. The van der Waals surface area contributed by atoms with E-state index in [1.807, 2.05) is 25.2 Å². The fourth-order valence-corrected chi connectivity index (χ4v) is 0.813. The van der Waals surface area contributed by atoms with E-state index < -0.39 is 0 Å². The molecule has 0 amide bonds. The molecule has 0 heterocycles. The SMILES string of the molecule is C=C1C=CC=C1C=CC. The average molecular weight is 118 g/mol. The molecule has 0 aromatic heterocycles. The van der Waals surface area contributed by atoms with E-state index in [1.165, 1.54) is 5.57 Å². The summed E-state index contributed by atoms with van der Waals surface area (Å²) in [7, 11) is 0. The van der Waals surface area contributed by atoms with E-state index in [2.05, 4.69) is 18.7 Å². The molecular formula is C9H10. The summed E-state index contributed by atoms with van der Waals surface area (Å²) in [6, 6.07) is 0. The van der Waals surface area contributed by atoms with Crippen molar-refractivity contribution in [3.63, 3.8) is 0 Å². The molecule has 1 aliphatic carbocycles. The second kappa shape index (κ2) is 2.49. The third-order valence-corrected chi connectivity index (χ3v) is 1.29. The Kier molecular flexibility index (Phi) is 1.69. The van der Waals surface area contributed by atoms with Crippen molar-refractivity contribution in [2.45, 2.75) is 6.92 Å². The molecule has 0 fully saturated rings. The van der Waals surface area contributed by atoms with Gasteiger partial charge in [-0.3, -0.25) is 0 Å². The summed E-state index contributed by atoms with van der Waals surface area (Å²) >= 11 is 0. The Morgan fingerprint density at radius 3 is 2.78 bits per heavy atom. The summed E-state index contributed by atoms with van der Waals surface area (Å²) in [6.45, 7) is 5.85. The molecule has 46 valence electrons. The smallest absolute Gasteiger partial charge is 0.0193 e. The molecule has 0 aliphatic heterocycles. The molecule has 0 aromatic rings. The van der Waals surface area contributed by atoms with Gasteiger partial charge >= 0.3 is 0 Å². The van der Waals surface area contributed by atoms with Crippen molar-refractivity contribution in [2.24, 2.45) is 0 Å². The van der Waals surface area contributed by atoms with Crippen molar-refractivity contribution in [1.29, 1.82) is 0 Å². The first-order valence-electron chi connectivity index (χ1n) is 3.05. The molecule has 0 nitrogen and oxygen atoms in total. The van der Waals surface area contributed by atoms with E-state index in [0.717, 1.165) is 5.57 Å². The Morgan fingerprint density at radius 2 is 2.33 bits per heavy atom. The summed E-state index contributed by atoms with van der Waals surface area (Å²) < 4.78 is 0. The number of allylic oxidation sites excluding steroid dienone is 7. The maximum atomic E-state index is 3.85. The lowest BCUT2D eigenvalue weighted by Gasteiger charge is -1.91. The first-order valence-corrected chi connectivity index (χ1v) is 3.05. The maximum absolute atomic E-state index is 3.85. The fourth-order valence-electron chi connectivity index (χ4n) is 0.813. The van der Waals surface area contributed by atoms with Gasteiger partial charge in [-0.2, -0.15) is 0 Å². The number of hydrogen-bond acceptors (Lipinski definition) is 0. The van der Waals surface area contributed by atoms with E-state index in [9.17, 15) is 0 Å². The minimum Gasteiger partial charge on any atom is -0.0912 e. The van der Waals surface area contributed by atoms with Crippen molar-refractivity contribution in [1.82, 2.24) is 0 Å². The number of hydrogen-bond donors (Lipinski definition) is 0. The van der Waals surface area contributed by atoms with E-state index in [4.69, 9.17) is 0 Å². The Balaban J connectivity index is 2.76. The van der Waals surface area contributed by atoms with E-state index >= 15 is 0 Å². The molecule has 0 radical (unpaired) electrons.